The maximum atomic E-state index is 12.1. The number of esters is 1. The normalized spacial score (nSPS) is 10.8. The summed E-state index contributed by atoms with van der Waals surface area (Å²) >= 11 is 1.59. The maximum absolute atomic E-state index is 12.1. The Morgan fingerprint density at radius 2 is 1.96 bits per heavy atom. The van der Waals surface area contributed by atoms with Gasteiger partial charge in [-0.1, -0.05) is 43.3 Å². The first-order chi connectivity index (χ1) is 13.8. The maximum Gasteiger partial charge on any atom is 0.338 e. The molecule has 5 nitrogen and oxygen atoms in total. The number of aromatic nitrogens is 2. The van der Waals surface area contributed by atoms with Crippen LogP contribution in [-0.4, -0.2) is 22.5 Å². The van der Waals surface area contributed by atoms with Gasteiger partial charge < -0.3 is 10.1 Å². The van der Waals surface area contributed by atoms with Crippen molar-refractivity contribution in [2.75, 3.05) is 11.9 Å². The number of carbonyl (C=O) groups excluding carboxylic acids is 1. The average molecular weight is 389 g/mol. The highest BCUT2D eigenvalue weighted by molar-refractivity contribution is 7.17. The van der Waals surface area contributed by atoms with Gasteiger partial charge in [0.05, 0.1) is 17.6 Å². The van der Waals surface area contributed by atoms with Crippen LogP contribution in [0.25, 0.3) is 21.3 Å². The Kier molecular flexibility index (Phi) is 5.30. The van der Waals surface area contributed by atoms with E-state index in [2.05, 4.69) is 32.8 Å². The Bertz CT molecular complexity index is 1110. The molecule has 0 bridgehead atoms. The quantitative estimate of drug-likeness (QED) is 0.431. The van der Waals surface area contributed by atoms with E-state index in [9.17, 15) is 4.79 Å². The van der Waals surface area contributed by atoms with Crippen LogP contribution in [0, 0.1) is 0 Å². The molecular formula is C22H19N3O2S. The largest absolute Gasteiger partial charge is 0.462 e. The smallest absolute Gasteiger partial charge is 0.338 e. The van der Waals surface area contributed by atoms with Gasteiger partial charge in [-0.05, 0) is 30.2 Å². The Labute approximate surface area is 167 Å². The monoisotopic (exact) mass is 389 g/mol. The van der Waals surface area contributed by atoms with E-state index in [1.807, 2.05) is 37.3 Å². The van der Waals surface area contributed by atoms with Crippen LogP contribution in [0.2, 0.25) is 0 Å². The number of nitrogens with zero attached hydrogens (tertiary/aromatic N) is 2. The number of nitrogens with one attached hydrogen (secondary N) is 1. The first-order valence-electron chi connectivity index (χ1n) is 9.08. The van der Waals surface area contributed by atoms with Crippen LogP contribution in [-0.2, 0) is 4.74 Å². The summed E-state index contributed by atoms with van der Waals surface area (Å²) in [6, 6.07) is 17.4. The van der Waals surface area contributed by atoms with Gasteiger partial charge in [-0.3, -0.25) is 0 Å². The van der Waals surface area contributed by atoms with E-state index in [-0.39, 0.29) is 5.97 Å². The summed E-state index contributed by atoms with van der Waals surface area (Å²) in [6.45, 7) is 2.38. The van der Waals surface area contributed by atoms with Crippen molar-refractivity contribution in [2.24, 2.45) is 0 Å². The van der Waals surface area contributed by atoms with Gasteiger partial charge in [0.2, 0.25) is 0 Å². The molecule has 6 heteroatoms. The molecule has 0 atom stereocenters. The van der Waals surface area contributed by atoms with Gasteiger partial charge in [-0.2, -0.15) is 0 Å². The Morgan fingerprint density at radius 1 is 1.11 bits per heavy atom. The number of rotatable bonds is 6. The highest BCUT2D eigenvalue weighted by atomic mass is 32.1. The SMILES string of the molecule is CCCOC(=O)c1cccc(Nc2ncnc3scc(-c4ccccc4)c23)c1. The summed E-state index contributed by atoms with van der Waals surface area (Å²) in [5, 5.41) is 6.41. The van der Waals surface area contributed by atoms with Crippen molar-refractivity contribution in [3.8, 4) is 11.1 Å². The summed E-state index contributed by atoms with van der Waals surface area (Å²) in [5.41, 5.74) is 3.49. The van der Waals surface area contributed by atoms with E-state index in [0.29, 0.717) is 18.0 Å². The molecule has 0 aliphatic rings. The molecule has 0 aliphatic carbocycles. The molecule has 0 fully saturated rings. The molecule has 0 spiro atoms. The van der Waals surface area contributed by atoms with Crippen molar-refractivity contribution in [3.63, 3.8) is 0 Å². The first-order valence-corrected chi connectivity index (χ1v) is 9.96. The third-order valence-electron chi connectivity index (χ3n) is 4.25. The van der Waals surface area contributed by atoms with Crippen LogP contribution >= 0.6 is 11.3 Å². The summed E-state index contributed by atoms with van der Waals surface area (Å²) in [6.07, 6.45) is 2.35. The molecule has 140 valence electrons. The van der Waals surface area contributed by atoms with Crippen molar-refractivity contribution in [1.29, 1.82) is 0 Å². The molecule has 0 saturated carbocycles. The lowest BCUT2D eigenvalue weighted by Gasteiger charge is -2.10. The summed E-state index contributed by atoms with van der Waals surface area (Å²) in [5.74, 6) is 0.392. The molecule has 0 unspecified atom stereocenters. The van der Waals surface area contributed by atoms with Gasteiger partial charge in [0, 0.05) is 16.6 Å². The molecule has 1 N–H and O–H groups in total. The molecule has 0 aliphatic heterocycles. The summed E-state index contributed by atoms with van der Waals surface area (Å²) in [4.78, 5) is 21.9. The number of thiophene rings is 1. The number of benzene rings is 2. The second-order valence-corrected chi connectivity index (χ2v) is 7.12. The lowest BCUT2D eigenvalue weighted by Crippen LogP contribution is -2.06. The second kappa shape index (κ2) is 8.19. The number of ether oxygens (including phenoxy) is 1. The zero-order valence-corrected chi connectivity index (χ0v) is 16.2. The van der Waals surface area contributed by atoms with Gasteiger partial charge in [0.1, 0.15) is 17.0 Å². The van der Waals surface area contributed by atoms with Gasteiger partial charge in [-0.15, -0.1) is 11.3 Å². The van der Waals surface area contributed by atoms with E-state index in [4.69, 9.17) is 4.74 Å². The first kappa shape index (κ1) is 18.1. The number of fused-ring (bicyclic) bond motifs is 1. The summed E-state index contributed by atoms with van der Waals surface area (Å²) < 4.78 is 5.23. The van der Waals surface area contributed by atoms with Crippen LogP contribution in [0.3, 0.4) is 0 Å². The predicted molar refractivity (Wildman–Crippen MR) is 113 cm³/mol. The topological polar surface area (TPSA) is 64.1 Å². The number of carbonyl (C=O) groups is 1. The van der Waals surface area contributed by atoms with Crippen molar-refractivity contribution in [2.45, 2.75) is 13.3 Å². The van der Waals surface area contributed by atoms with Crippen LogP contribution in [0.1, 0.15) is 23.7 Å². The molecule has 2 aromatic carbocycles. The lowest BCUT2D eigenvalue weighted by atomic mass is 10.1. The van der Waals surface area contributed by atoms with E-state index >= 15 is 0 Å². The number of anilines is 2. The third kappa shape index (κ3) is 3.73. The standard InChI is InChI=1S/C22H19N3O2S/c1-2-11-27-22(26)16-9-6-10-17(12-16)25-20-19-18(15-7-4-3-5-8-15)13-28-21(19)24-14-23-20/h3-10,12-14H,2,11H2,1H3,(H,23,24,25). The predicted octanol–water partition coefficient (Wildman–Crippen LogP) is 5.67. The molecule has 0 radical (unpaired) electrons. The second-order valence-electron chi connectivity index (χ2n) is 6.26. The Morgan fingerprint density at radius 3 is 2.79 bits per heavy atom. The fraction of sp³-hybridized carbons (Fsp3) is 0.136. The summed E-state index contributed by atoms with van der Waals surface area (Å²) in [7, 11) is 0. The minimum atomic E-state index is -0.321. The van der Waals surface area contributed by atoms with Crippen LogP contribution in [0.4, 0.5) is 11.5 Å². The van der Waals surface area contributed by atoms with Gasteiger partial charge in [0.25, 0.3) is 0 Å². The minimum absolute atomic E-state index is 0.321. The molecular weight excluding hydrogens is 370 g/mol. The molecule has 0 amide bonds. The number of hydrogen-bond acceptors (Lipinski definition) is 6. The molecule has 0 saturated heterocycles. The zero-order chi connectivity index (χ0) is 19.3. The van der Waals surface area contributed by atoms with Crippen molar-refractivity contribution < 1.29 is 9.53 Å². The van der Waals surface area contributed by atoms with Crippen molar-refractivity contribution >= 4 is 39.0 Å². The van der Waals surface area contributed by atoms with Crippen LogP contribution in [0.15, 0.2) is 66.3 Å². The van der Waals surface area contributed by atoms with Crippen LogP contribution in [0.5, 0.6) is 0 Å². The van der Waals surface area contributed by atoms with E-state index in [1.54, 1.807) is 29.8 Å². The van der Waals surface area contributed by atoms with E-state index < -0.39 is 0 Å². The van der Waals surface area contributed by atoms with Gasteiger partial charge in [0.15, 0.2) is 0 Å². The molecule has 28 heavy (non-hydrogen) atoms. The average Bonchev–Trinajstić information content (AvgIpc) is 3.18. The fourth-order valence-corrected chi connectivity index (χ4v) is 3.85. The van der Waals surface area contributed by atoms with E-state index in [0.717, 1.165) is 33.5 Å². The fourth-order valence-electron chi connectivity index (χ4n) is 2.94. The van der Waals surface area contributed by atoms with Crippen LogP contribution < -0.4 is 5.32 Å². The zero-order valence-electron chi connectivity index (χ0n) is 15.4. The highest BCUT2D eigenvalue weighted by Gasteiger charge is 2.14. The number of hydrogen-bond donors (Lipinski definition) is 1. The van der Waals surface area contributed by atoms with Gasteiger partial charge in [-0.25, -0.2) is 14.8 Å². The van der Waals surface area contributed by atoms with E-state index in [1.165, 1.54) is 0 Å². The minimum Gasteiger partial charge on any atom is -0.462 e. The Hall–Kier alpha value is -3.25. The molecule has 4 rings (SSSR count). The van der Waals surface area contributed by atoms with Crippen molar-refractivity contribution in [1.82, 2.24) is 9.97 Å². The lowest BCUT2D eigenvalue weighted by molar-refractivity contribution is 0.0505. The highest BCUT2D eigenvalue weighted by Crippen LogP contribution is 2.37. The molecule has 2 heterocycles. The van der Waals surface area contributed by atoms with Crippen molar-refractivity contribution in [3.05, 3.63) is 71.9 Å². The molecule has 2 aromatic heterocycles. The Balaban J connectivity index is 1.69. The molecule has 4 aromatic rings. The third-order valence-corrected chi connectivity index (χ3v) is 5.14. The van der Waals surface area contributed by atoms with Gasteiger partial charge >= 0.3 is 5.97 Å².